The average Bonchev–Trinajstić information content (AvgIpc) is 2.82. The lowest BCUT2D eigenvalue weighted by atomic mass is 10.0. The molecule has 2 aliphatic rings. The van der Waals surface area contributed by atoms with Gasteiger partial charge in [0.05, 0.1) is 30.3 Å². The predicted octanol–water partition coefficient (Wildman–Crippen LogP) is 1.71. The molecule has 2 amide bonds. The van der Waals surface area contributed by atoms with Crippen LogP contribution in [-0.4, -0.2) is 31.3 Å². The summed E-state index contributed by atoms with van der Waals surface area (Å²) in [5.41, 5.74) is 1.21. The molecule has 0 radical (unpaired) electrons. The van der Waals surface area contributed by atoms with E-state index in [0.29, 0.717) is 30.0 Å². The quantitative estimate of drug-likeness (QED) is 0.893. The summed E-state index contributed by atoms with van der Waals surface area (Å²) >= 11 is 0. The Morgan fingerprint density at radius 2 is 2.40 bits per heavy atom. The summed E-state index contributed by atoms with van der Waals surface area (Å²) in [4.78, 5) is 13.7. The standard InChI is InChI=1S/C14H14FN3O2/c15-6-10-5-11(2-1-9(10)7-16)18-13-8-20-4-3-12(13)17-14(18)19/h1-2,5,12-13H,3-4,6,8H2,(H,17,19)/t12-,13-/m0/s1. The minimum absolute atomic E-state index is 0.0701. The van der Waals surface area contributed by atoms with Gasteiger partial charge in [-0.05, 0) is 24.6 Å². The number of benzene rings is 1. The van der Waals surface area contributed by atoms with Crippen molar-refractivity contribution in [3.63, 3.8) is 0 Å². The number of nitrogens with zero attached hydrogens (tertiary/aromatic N) is 2. The lowest BCUT2D eigenvalue weighted by Gasteiger charge is -2.30. The number of alkyl halides is 1. The molecule has 104 valence electrons. The van der Waals surface area contributed by atoms with E-state index in [-0.39, 0.29) is 18.1 Å². The molecule has 2 heterocycles. The molecule has 2 aliphatic heterocycles. The smallest absolute Gasteiger partial charge is 0.322 e. The number of carbonyl (C=O) groups excluding carboxylic acids is 1. The van der Waals surface area contributed by atoms with Crippen molar-refractivity contribution in [3.8, 4) is 6.07 Å². The second-order valence-electron chi connectivity index (χ2n) is 4.94. The van der Waals surface area contributed by atoms with Crippen LogP contribution >= 0.6 is 0 Å². The first-order chi connectivity index (χ1) is 9.74. The molecule has 0 saturated carbocycles. The van der Waals surface area contributed by atoms with Crippen LogP contribution in [0.25, 0.3) is 0 Å². The van der Waals surface area contributed by atoms with Gasteiger partial charge in [-0.15, -0.1) is 0 Å². The van der Waals surface area contributed by atoms with E-state index in [1.807, 2.05) is 6.07 Å². The van der Waals surface area contributed by atoms with Crippen molar-refractivity contribution in [2.75, 3.05) is 18.1 Å². The summed E-state index contributed by atoms with van der Waals surface area (Å²) in [6.07, 6.45) is 0.777. The van der Waals surface area contributed by atoms with Gasteiger partial charge in [-0.1, -0.05) is 0 Å². The first-order valence-corrected chi connectivity index (χ1v) is 6.51. The van der Waals surface area contributed by atoms with Gasteiger partial charge in [-0.3, -0.25) is 4.90 Å². The normalized spacial score (nSPS) is 25.0. The zero-order chi connectivity index (χ0) is 14.1. The maximum Gasteiger partial charge on any atom is 0.322 e. The molecule has 0 aromatic heterocycles. The molecule has 3 rings (SSSR count). The fourth-order valence-electron chi connectivity index (χ4n) is 2.78. The number of fused-ring (bicyclic) bond motifs is 1. The number of anilines is 1. The zero-order valence-electron chi connectivity index (χ0n) is 10.8. The lowest BCUT2D eigenvalue weighted by molar-refractivity contribution is 0.0738. The molecule has 1 aromatic rings. The lowest BCUT2D eigenvalue weighted by Crippen LogP contribution is -2.44. The number of rotatable bonds is 2. The third-order valence-corrected chi connectivity index (χ3v) is 3.82. The fraction of sp³-hybridized carbons (Fsp3) is 0.429. The molecule has 1 N–H and O–H groups in total. The molecule has 0 unspecified atom stereocenters. The van der Waals surface area contributed by atoms with E-state index in [1.165, 1.54) is 0 Å². The number of urea groups is 1. The Kier molecular flexibility index (Phi) is 3.28. The monoisotopic (exact) mass is 275 g/mol. The number of hydrogen-bond acceptors (Lipinski definition) is 3. The Morgan fingerprint density at radius 1 is 1.55 bits per heavy atom. The highest BCUT2D eigenvalue weighted by Crippen LogP contribution is 2.29. The van der Waals surface area contributed by atoms with E-state index in [2.05, 4.69) is 5.32 Å². The van der Waals surface area contributed by atoms with E-state index >= 15 is 0 Å². The molecule has 6 heteroatoms. The Labute approximate surface area is 115 Å². The summed E-state index contributed by atoms with van der Waals surface area (Å²) in [7, 11) is 0. The van der Waals surface area contributed by atoms with Crippen LogP contribution in [0.5, 0.6) is 0 Å². The van der Waals surface area contributed by atoms with Gasteiger partial charge in [0.1, 0.15) is 6.67 Å². The van der Waals surface area contributed by atoms with E-state index in [4.69, 9.17) is 10.00 Å². The molecule has 2 fully saturated rings. The molecular formula is C14H14FN3O2. The van der Waals surface area contributed by atoms with Gasteiger partial charge in [0.2, 0.25) is 0 Å². The summed E-state index contributed by atoms with van der Waals surface area (Å²) in [6.45, 7) is 0.379. The molecule has 5 nitrogen and oxygen atoms in total. The summed E-state index contributed by atoms with van der Waals surface area (Å²) in [5, 5.41) is 11.8. The van der Waals surface area contributed by atoms with Gasteiger partial charge >= 0.3 is 6.03 Å². The zero-order valence-corrected chi connectivity index (χ0v) is 10.8. The van der Waals surface area contributed by atoms with Gasteiger partial charge in [-0.25, -0.2) is 9.18 Å². The maximum atomic E-state index is 13.0. The third-order valence-electron chi connectivity index (χ3n) is 3.82. The van der Waals surface area contributed by atoms with Gasteiger partial charge in [0.15, 0.2) is 0 Å². The SMILES string of the molecule is N#Cc1ccc(N2C(=O)N[C@H]3CCOC[C@@H]32)cc1CF. The van der Waals surface area contributed by atoms with Crippen molar-refractivity contribution < 1.29 is 13.9 Å². The predicted molar refractivity (Wildman–Crippen MR) is 70.0 cm³/mol. The number of hydrogen-bond donors (Lipinski definition) is 1. The van der Waals surface area contributed by atoms with Gasteiger partial charge < -0.3 is 10.1 Å². The number of amides is 2. The highest BCUT2D eigenvalue weighted by molar-refractivity contribution is 5.95. The van der Waals surface area contributed by atoms with Gasteiger partial charge in [0.25, 0.3) is 0 Å². The fourth-order valence-corrected chi connectivity index (χ4v) is 2.78. The van der Waals surface area contributed by atoms with Gasteiger partial charge in [0, 0.05) is 17.9 Å². The molecule has 2 atom stereocenters. The van der Waals surface area contributed by atoms with E-state index in [1.54, 1.807) is 23.1 Å². The first kappa shape index (κ1) is 12.9. The summed E-state index contributed by atoms with van der Waals surface area (Å²) in [6, 6.07) is 6.54. The van der Waals surface area contributed by atoms with Crippen LogP contribution in [0.15, 0.2) is 18.2 Å². The Morgan fingerprint density at radius 3 is 3.15 bits per heavy atom. The van der Waals surface area contributed by atoms with E-state index < -0.39 is 6.67 Å². The van der Waals surface area contributed by atoms with Crippen molar-refractivity contribution in [1.82, 2.24) is 5.32 Å². The number of nitriles is 1. The van der Waals surface area contributed by atoms with Crippen molar-refractivity contribution >= 4 is 11.7 Å². The molecule has 0 bridgehead atoms. The first-order valence-electron chi connectivity index (χ1n) is 6.51. The number of ether oxygens (including phenoxy) is 1. The molecular weight excluding hydrogens is 261 g/mol. The highest BCUT2D eigenvalue weighted by atomic mass is 19.1. The van der Waals surface area contributed by atoms with Crippen molar-refractivity contribution in [2.45, 2.75) is 25.2 Å². The van der Waals surface area contributed by atoms with Crippen molar-refractivity contribution in [1.29, 1.82) is 5.26 Å². The molecule has 2 saturated heterocycles. The Hall–Kier alpha value is -2.13. The van der Waals surface area contributed by atoms with Crippen LogP contribution in [0.3, 0.4) is 0 Å². The minimum atomic E-state index is -0.725. The molecule has 1 aromatic carbocycles. The number of halogens is 1. The van der Waals surface area contributed by atoms with Crippen LogP contribution in [0.1, 0.15) is 17.5 Å². The second kappa shape index (κ2) is 5.10. The van der Waals surface area contributed by atoms with Crippen LogP contribution in [0, 0.1) is 11.3 Å². The van der Waals surface area contributed by atoms with E-state index in [0.717, 1.165) is 6.42 Å². The van der Waals surface area contributed by atoms with Crippen molar-refractivity contribution in [2.24, 2.45) is 0 Å². The summed E-state index contributed by atoms with van der Waals surface area (Å²) < 4.78 is 18.4. The molecule has 20 heavy (non-hydrogen) atoms. The van der Waals surface area contributed by atoms with Crippen LogP contribution in [0.2, 0.25) is 0 Å². The average molecular weight is 275 g/mol. The number of nitrogens with one attached hydrogen (secondary N) is 1. The van der Waals surface area contributed by atoms with Crippen LogP contribution in [0.4, 0.5) is 14.9 Å². The second-order valence-corrected chi connectivity index (χ2v) is 4.94. The van der Waals surface area contributed by atoms with Crippen LogP contribution < -0.4 is 10.2 Å². The van der Waals surface area contributed by atoms with Crippen LogP contribution in [-0.2, 0) is 11.4 Å². The Bertz CT molecular complexity index is 584. The topological polar surface area (TPSA) is 65.4 Å². The number of carbonyl (C=O) groups is 1. The molecule has 0 aliphatic carbocycles. The van der Waals surface area contributed by atoms with Crippen molar-refractivity contribution in [3.05, 3.63) is 29.3 Å². The summed E-state index contributed by atoms with van der Waals surface area (Å²) in [5.74, 6) is 0. The Balaban J connectivity index is 1.96. The molecule has 0 spiro atoms. The maximum absolute atomic E-state index is 13.0. The third kappa shape index (κ3) is 2.00. The highest BCUT2D eigenvalue weighted by Gasteiger charge is 2.42. The van der Waals surface area contributed by atoms with Gasteiger partial charge in [-0.2, -0.15) is 5.26 Å². The largest absolute Gasteiger partial charge is 0.379 e. The minimum Gasteiger partial charge on any atom is -0.379 e. The van der Waals surface area contributed by atoms with E-state index in [9.17, 15) is 9.18 Å².